The molecule has 0 aliphatic carbocycles. The summed E-state index contributed by atoms with van der Waals surface area (Å²) in [5.41, 5.74) is 2.08. The van der Waals surface area contributed by atoms with Crippen molar-refractivity contribution in [2.45, 2.75) is 44.1 Å². The maximum Gasteiger partial charge on any atom is 0.319 e. The van der Waals surface area contributed by atoms with Gasteiger partial charge in [-0.25, -0.2) is 0 Å². The zero-order valence-corrected chi connectivity index (χ0v) is 15.5. The summed E-state index contributed by atoms with van der Waals surface area (Å²) < 4.78 is 7.20. The number of thioether (sulfide) groups is 1. The fourth-order valence-corrected chi connectivity index (χ4v) is 3.79. The molecule has 0 saturated heterocycles. The molecule has 2 heterocycles. The summed E-state index contributed by atoms with van der Waals surface area (Å²) in [6.07, 6.45) is 2.64. The van der Waals surface area contributed by atoms with Crippen molar-refractivity contribution in [2.75, 3.05) is 6.61 Å². The summed E-state index contributed by atoms with van der Waals surface area (Å²) in [5, 5.41) is 10.3. The third-order valence-electron chi connectivity index (χ3n) is 4.03. The summed E-state index contributed by atoms with van der Waals surface area (Å²) in [4.78, 5) is 15.4. The molecule has 3 aromatic rings. The molecule has 25 heavy (non-hydrogen) atoms. The lowest BCUT2D eigenvalue weighted by molar-refractivity contribution is -0.142. The first-order valence-electron chi connectivity index (χ1n) is 8.52. The van der Waals surface area contributed by atoms with Crippen LogP contribution in [0.2, 0.25) is 0 Å². The largest absolute Gasteiger partial charge is 0.465 e. The first-order chi connectivity index (χ1) is 12.2. The number of ether oxygens (including phenoxy) is 1. The normalized spacial score (nSPS) is 12.4. The predicted octanol–water partition coefficient (Wildman–Crippen LogP) is 3.88. The van der Waals surface area contributed by atoms with E-state index in [0.29, 0.717) is 13.0 Å². The molecule has 0 aliphatic rings. The molecule has 1 aromatic carbocycles. The number of esters is 1. The van der Waals surface area contributed by atoms with E-state index in [4.69, 9.17) is 4.74 Å². The Kier molecular flexibility index (Phi) is 5.43. The van der Waals surface area contributed by atoms with E-state index in [1.54, 1.807) is 0 Å². The summed E-state index contributed by atoms with van der Waals surface area (Å²) in [6.45, 7) is 6.96. The van der Waals surface area contributed by atoms with Crippen molar-refractivity contribution in [3.63, 3.8) is 0 Å². The van der Waals surface area contributed by atoms with Crippen LogP contribution < -0.4 is 0 Å². The number of benzene rings is 1. The average Bonchev–Trinajstić information content (AvgIpc) is 3.22. The summed E-state index contributed by atoms with van der Waals surface area (Å²) in [5.74, 6) is 0.607. The highest BCUT2D eigenvalue weighted by molar-refractivity contribution is 8.00. The number of H-pyrrole nitrogens is 1. The molecule has 1 N–H and O–H groups in total. The number of hydrogen-bond acceptors (Lipinski definition) is 5. The number of carbonyl (C=O) groups excluding carboxylic acids is 1. The van der Waals surface area contributed by atoms with Gasteiger partial charge in [0.2, 0.25) is 0 Å². The van der Waals surface area contributed by atoms with Crippen LogP contribution in [0.15, 0.2) is 35.6 Å². The summed E-state index contributed by atoms with van der Waals surface area (Å²) >= 11 is 1.42. The Morgan fingerprint density at radius 1 is 1.28 bits per heavy atom. The van der Waals surface area contributed by atoms with Crippen LogP contribution in [0, 0.1) is 0 Å². The molecule has 0 fully saturated rings. The van der Waals surface area contributed by atoms with Gasteiger partial charge in [0.05, 0.1) is 6.61 Å². The number of rotatable bonds is 7. The molecule has 132 valence electrons. The van der Waals surface area contributed by atoms with Gasteiger partial charge in [-0.15, -0.1) is 10.2 Å². The average molecular weight is 358 g/mol. The van der Waals surface area contributed by atoms with Crippen LogP contribution in [-0.4, -0.2) is 37.6 Å². The van der Waals surface area contributed by atoms with Crippen LogP contribution in [0.25, 0.3) is 22.3 Å². The van der Waals surface area contributed by atoms with Crippen LogP contribution in [0.5, 0.6) is 0 Å². The molecule has 3 rings (SSSR count). The molecule has 0 amide bonds. The van der Waals surface area contributed by atoms with Crippen LogP contribution in [0.4, 0.5) is 0 Å². The van der Waals surface area contributed by atoms with E-state index in [2.05, 4.69) is 28.2 Å². The molecule has 1 atom stereocenters. The van der Waals surface area contributed by atoms with E-state index < -0.39 is 0 Å². The molecule has 2 aromatic heterocycles. The topological polar surface area (TPSA) is 72.8 Å². The number of fused-ring (bicyclic) bond motifs is 1. The van der Waals surface area contributed by atoms with Crippen LogP contribution >= 0.6 is 11.8 Å². The van der Waals surface area contributed by atoms with Gasteiger partial charge in [0.1, 0.15) is 5.25 Å². The Labute approximate surface area is 151 Å². The summed E-state index contributed by atoms with van der Waals surface area (Å²) in [6, 6.07) is 8.11. The van der Waals surface area contributed by atoms with Crippen LogP contribution in [-0.2, 0) is 16.1 Å². The van der Waals surface area contributed by atoms with E-state index in [1.165, 1.54) is 11.8 Å². The van der Waals surface area contributed by atoms with Gasteiger partial charge in [0.25, 0.3) is 0 Å². The van der Waals surface area contributed by atoms with Crippen molar-refractivity contribution >= 4 is 28.6 Å². The maximum atomic E-state index is 12.1. The number of nitrogens with zero attached hydrogens (tertiary/aromatic N) is 3. The molecular weight excluding hydrogens is 336 g/mol. The van der Waals surface area contributed by atoms with E-state index in [9.17, 15) is 4.79 Å². The van der Waals surface area contributed by atoms with Crippen molar-refractivity contribution < 1.29 is 9.53 Å². The van der Waals surface area contributed by atoms with Crippen molar-refractivity contribution in [3.05, 3.63) is 30.5 Å². The fraction of sp³-hybridized carbons (Fsp3) is 0.389. The van der Waals surface area contributed by atoms with Crippen molar-refractivity contribution in [3.8, 4) is 11.4 Å². The van der Waals surface area contributed by atoms with Crippen LogP contribution in [0.3, 0.4) is 0 Å². The second-order valence-electron chi connectivity index (χ2n) is 5.57. The van der Waals surface area contributed by atoms with Gasteiger partial charge >= 0.3 is 5.97 Å². The second-order valence-corrected chi connectivity index (χ2v) is 6.74. The first kappa shape index (κ1) is 17.5. The minimum Gasteiger partial charge on any atom is -0.465 e. The highest BCUT2D eigenvalue weighted by Gasteiger charge is 2.24. The molecule has 0 bridgehead atoms. The summed E-state index contributed by atoms with van der Waals surface area (Å²) in [7, 11) is 0. The number of nitrogens with one attached hydrogen (secondary N) is 1. The maximum absolute atomic E-state index is 12.1. The minimum absolute atomic E-state index is 0.200. The standard InChI is InChI=1S/C18H22N4O2S/c1-4-15(17(23)24-6-3)25-18-21-20-16(22(18)5-2)13-11-19-14-10-8-7-9-12(13)14/h7-11,15,19H,4-6H2,1-3H3. The van der Waals surface area contributed by atoms with E-state index in [-0.39, 0.29) is 11.2 Å². The molecule has 7 heteroatoms. The van der Waals surface area contributed by atoms with Gasteiger partial charge in [0, 0.05) is 29.2 Å². The molecular formula is C18H22N4O2S. The Balaban J connectivity index is 1.95. The highest BCUT2D eigenvalue weighted by Crippen LogP contribution is 2.32. The fourth-order valence-electron chi connectivity index (χ4n) is 2.78. The van der Waals surface area contributed by atoms with Gasteiger partial charge in [-0.05, 0) is 26.3 Å². The zero-order chi connectivity index (χ0) is 17.8. The Hall–Kier alpha value is -2.28. The Morgan fingerprint density at radius 2 is 2.08 bits per heavy atom. The third kappa shape index (κ3) is 3.42. The van der Waals surface area contributed by atoms with E-state index in [1.807, 2.05) is 42.8 Å². The third-order valence-corrected chi connectivity index (χ3v) is 5.35. The van der Waals surface area contributed by atoms with Crippen molar-refractivity contribution in [1.29, 1.82) is 0 Å². The Bertz CT molecular complexity index is 871. The second kappa shape index (κ2) is 7.74. The SMILES string of the molecule is CCOC(=O)C(CC)Sc1nnc(-c2c[nH]c3ccccc23)n1CC. The van der Waals surface area contributed by atoms with Crippen LogP contribution in [0.1, 0.15) is 27.2 Å². The van der Waals surface area contributed by atoms with E-state index >= 15 is 0 Å². The number of aromatic nitrogens is 4. The minimum atomic E-state index is -0.273. The smallest absolute Gasteiger partial charge is 0.319 e. The molecule has 0 radical (unpaired) electrons. The monoisotopic (exact) mass is 358 g/mol. The first-order valence-corrected chi connectivity index (χ1v) is 9.40. The molecule has 0 aliphatic heterocycles. The van der Waals surface area contributed by atoms with Crippen molar-refractivity contribution in [1.82, 2.24) is 19.7 Å². The molecule has 0 saturated carbocycles. The Morgan fingerprint density at radius 3 is 2.80 bits per heavy atom. The lowest BCUT2D eigenvalue weighted by Gasteiger charge is -2.13. The van der Waals surface area contributed by atoms with Gasteiger partial charge in [-0.1, -0.05) is 36.9 Å². The predicted molar refractivity (Wildman–Crippen MR) is 99.6 cm³/mol. The highest BCUT2D eigenvalue weighted by atomic mass is 32.2. The van der Waals surface area contributed by atoms with Gasteiger partial charge in [0.15, 0.2) is 11.0 Å². The quantitative estimate of drug-likeness (QED) is 0.512. The lowest BCUT2D eigenvalue weighted by atomic mass is 10.1. The lowest BCUT2D eigenvalue weighted by Crippen LogP contribution is -2.20. The molecule has 6 nitrogen and oxygen atoms in total. The van der Waals surface area contributed by atoms with Crippen molar-refractivity contribution in [2.24, 2.45) is 0 Å². The number of aromatic amines is 1. The number of para-hydroxylation sites is 1. The van der Waals surface area contributed by atoms with Gasteiger partial charge in [-0.3, -0.25) is 4.79 Å². The number of carbonyl (C=O) groups is 1. The number of hydrogen-bond donors (Lipinski definition) is 1. The molecule has 0 spiro atoms. The van der Waals surface area contributed by atoms with Gasteiger partial charge < -0.3 is 14.3 Å². The van der Waals surface area contributed by atoms with Gasteiger partial charge in [-0.2, -0.15) is 0 Å². The van der Waals surface area contributed by atoms with E-state index in [0.717, 1.165) is 34.0 Å². The zero-order valence-electron chi connectivity index (χ0n) is 14.7. The molecule has 1 unspecified atom stereocenters.